The minimum atomic E-state index is -0.0700. The summed E-state index contributed by atoms with van der Waals surface area (Å²) in [6.45, 7) is 4.84. The molecule has 0 amide bonds. The van der Waals surface area contributed by atoms with E-state index in [0.29, 0.717) is 12.5 Å². The second-order valence-corrected chi connectivity index (χ2v) is 5.74. The van der Waals surface area contributed by atoms with Gasteiger partial charge in [-0.05, 0) is 51.0 Å². The van der Waals surface area contributed by atoms with Gasteiger partial charge in [-0.3, -0.25) is 0 Å². The van der Waals surface area contributed by atoms with Gasteiger partial charge >= 0.3 is 0 Å². The average molecular weight is 247 g/mol. The Kier molecular flexibility index (Phi) is 4.41. The predicted octanol–water partition coefficient (Wildman–Crippen LogP) is 3.47. The summed E-state index contributed by atoms with van der Waals surface area (Å²) in [5.74, 6) is 0.682. The van der Waals surface area contributed by atoms with Crippen molar-refractivity contribution in [3.8, 4) is 0 Å². The lowest BCUT2D eigenvalue weighted by atomic mass is 9.76. The zero-order chi connectivity index (χ0) is 13.0. The Bertz CT molecular complexity index is 353. The van der Waals surface area contributed by atoms with Gasteiger partial charge in [0, 0.05) is 6.54 Å². The summed E-state index contributed by atoms with van der Waals surface area (Å²) in [5.41, 5.74) is 7.34. The van der Waals surface area contributed by atoms with Crippen molar-refractivity contribution >= 4 is 0 Å². The van der Waals surface area contributed by atoms with Gasteiger partial charge in [0.05, 0.1) is 11.7 Å². The van der Waals surface area contributed by atoms with E-state index < -0.39 is 0 Å². The molecule has 1 saturated carbocycles. The van der Waals surface area contributed by atoms with E-state index in [2.05, 4.69) is 44.2 Å². The molecule has 2 rings (SSSR count). The normalized spacial score (nSPS) is 28.6. The minimum absolute atomic E-state index is 0.0700. The Balaban J connectivity index is 1.98. The summed E-state index contributed by atoms with van der Waals surface area (Å²) in [4.78, 5) is 0. The van der Waals surface area contributed by atoms with Crippen molar-refractivity contribution in [2.24, 2.45) is 5.73 Å². The fourth-order valence-corrected chi connectivity index (χ4v) is 3.07. The standard InChI is InChI=1S/C16H25NO/c1-13(2)18-16(12-17)10-8-15(9-11-16)14-6-4-3-5-7-14/h3-7,13,15H,8-12,17H2,1-2H3. The van der Waals surface area contributed by atoms with Crippen molar-refractivity contribution in [1.29, 1.82) is 0 Å². The van der Waals surface area contributed by atoms with E-state index in [-0.39, 0.29) is 11.7 Å². The van der Waals surface area contributed by atoms with Gasteiger partial charge in [-0.2, -0.15) is 0 Å². The van der Waals surface area contributed by atoms with Gasteiger partial charge in [0.15, 0.2) is 0 Å². The molecule has 100 valence electrons. The zero-order valence-corrected chi connectivity index (χ0v) is 11.6. The molecule has 2 heteroatoms. The molecule has 2 nitrogen and oxygen atoms in total. The van der Waals surface area contributed by atoms with Crippen LogP contribution in [0, 0.1) is 0 Å². The van der Waals surface area contributed by atoms with Crippen LogP contribution in [0.15, 0.2) is 30.3 Å². The molecule has 0 bridgehead atoms. The van der Waals surface area contributed by atoms with Crippen molar-refractivity contribution in [3.05, 3.63) is 35.9 Å². The average Bonchev–Trinajstić information content (AvgIpc) is 2.40. The van der Waals surface area contributed by atoms with Gasteiger partial charge in [-0.1, -0.05) is 30.3 Å². The Morgan fingerprint density at radius 1 is 1.22 bits per heavy atom. The summed E-state index contributed by atoms with van der Waals surface area (Å²) in [6, 6.07) is 10.8. The summed E-state index contributed by atoms with van der Waals surface area (Å²) in [6.07, 6.45) is 4.81. The molecule has 0 aliphatic heterocycles. The van der Waals surface area contributed by atoms with Crippen molar-refractivity contribution in [3.63, 3.8) is 0 Å². The van der Waals surface area contributed by atoms with Gasteiger partial charge in [0.25, 0.3) is 0 Å². The number of benzene rings is 1. The van der Waals surface area contributed by atoms with E-state index in [1.54, 1.807) is 0 Å². The van der Waals surface area contributed by atoms with Gasteiger partial charge in [0.2, 0.25) is 0 Å². The van der Waals surface area contributed by atoms with E-state index in [0.717, 1.165) is 12.8 Å². The van der Waals surface area contributed by atoms with E-state index >= 15 is 0 Å². The lowest BCUT2D eigenvalue weighted by Gasteiger charge is -2.40. The summed E-state index contributed by atoms with van der Waals surface area (Å²) >= 11 is 0. The molecule has 0 atom stereocenters. The molecule has 0 radical (unpaired) electrons. The molecule has 1 aliphatic carbocycles. The van der Waals surface area contributed by atoms with Crippen LogP contribution >= 0.6 is 0 Å². The first-order chi connectivity index (χ1) is 8.65. The molecule has 1 fully saturated rings. The van der Waals surface area contributed by atoms with Gasteiger partial charge < -0.3 is 10.5 Å². The first kappa shape index (κ1) is 13.6. The summed E-state index contributed by atoms with van der Waals surface area (Å²) in [5, 5.41) is 0. The number of ether oxygens (including phenoxy) is 1. The van der Waals surface area contributed by atoms with Crippen LogP contribution < -0.4 is 5.73 Å². The molecule has 2 N–H and O–H groups in total. The molecule has 0 spiro atoms. The highest BCUT2D eigenvalue weighted by atomic mass is 16.5. The third kappa shape index (κ3) is 3.12. The molecule has 18 heavy (non-hydrogen) atoms. The van der Waals surface area contributed by atoms with Crippen LogP contribution in [-0.2, 0) is 4.74 Å². The molecule has 1 aromatic rings. The molecule has 0 saturated heterocycles. The van der Waals surface area contributed by atoms with Crippen LogP contribution in [0.5, 0.6) is 0 Å². The first-order valence-corrected chi connectivity index (χ1v) is 7.08. The first-order valence-electron chi connectivity index (χ1n) is 7.08. The third-order valence-electron chi connectivity index (χ3n) is 4.03. The number of nitrogens with two attached hydrogens (primary N) is 1. The second-order valence-electron chi connectivity index (χ2n) is 5.74. The monoisotopic (exact) mass is 247 g/mol. The van der Waals surface area contributed by atoms with Crippen molar-refractivity contribution < 1.29 is 4.74 Å². The molecule has 0 unspecified atom stereocenters. The highest BCUT2D eigenvalue weighted by molar-refractivity contribution is 5.20. The molecule has 1 aliphatic rings. The largest absolute Gasteiger partial charge is 0.371 e. The quantitative estimate of drug-likeness (QED) is 0.884. The van der Waals surface area contributed by atoms with Gasteiger partial charge in [-0.25, -0.2) is 0 Å². The van der Waals surface area contributed by atoms with Crippen LogP contribution in [0.4, 0.5) is 0 Å². The van der Waals surface area contributed by atoms with Gasteiger partial charge in [-0.15, -0.1) is 0 Å². The maximum Gasteiger partial charge on any atom is 0.0808 e. The lowest BCUT2D eigenvalue weighted by molar-refractivity contribution is -0.0969. The van der Waals surface area contributed by atoms with Crippen LogP contribution in [0.1, 0.15) is 51.0 Å². The van der Waals surface area contributed by atoms with Crippen LogP contribution in [0.25, 0.3) is 0 Å². The Hall–Kier alpha value is -0.860. The summed E-state index contributed by atoms with van der Waals surface area (Å²) < 4.78 is 6.09. The van der Waals surface area contributed by atoms with E-state index in [1.165, 1.54) is 18.4 Å². The second kappa shape index (κ2) is 5.85. The van der Waals surface area contributed by atoms with Crippen molar-refractivity contribution in [2.75, 3.05) is 6.54 Å². The van der Waals surface area contributed by atoms with Gasteiger partial charge in [0.1, 0.15) is 0 Å². The minimum Gasteiger partial charge on any atom is -0.371 e. The van der Waals surface area contributed by atoms with Crippen molar-refractivity contribution in [1.82, 2.24) is 0 Å². The van der Waals surface area contributed by atoms with E-state index in [1.807, 2.05) is 0 Å². The fraction of sp³-hybridized carbons (Fsp3) is 0.625. The Morgan fingerprint density at radius 3 is 2.33 bits per heavy atom. The highest BCUT2D eigenvalue weighted by Gasteiger charge is 2.36. The number of hydrogen-bond donors (Lipinski definition) is 1. The third-order valence-corrected chi connectivity index (χ3v) is 4.03. The number of rotatable bonds is 4. The molecule has 0 heterocycles. The van der Waals surface area contributed by atoms with Crippen LogP contribution in [-0.4, -0.2) is 18.2 Å². The van der Waals surface area contributed by atoms with E-state index in [4.69, 9.17) is 10.5 Å². The molecular formula is C16H25NO. The van der Waals surface area contributed by atoms with Crippen LogP contribution in [0.3, 0.4) is 0 Å². The molecular weight excluding hydrogens is 222 g/mol. The highest BCUT2D eigenvalue weighted by Crippen LogP contribution is 2.39. The predicted molar refractivity (Wildman–Crippen MR) is 75.7 cm³/mol. The topological polar surface area (TPSA) is 35.2 Å². The Labute approximate surface area is 111 Å². The number of hydrogen-bond acceptors (Lipinski definition) is 2. The maximum atomic E-state index is 6.09. The van der Waals surface area contributed by atoms with E-state index in [9.17, 15) is 0 Å². The maximum absolute atomic E-state index is 6.09. The smallest absolute Gasteiger partial charge is 0.0808 e. The fourth-order valence-electron chi connectivity index (χ4n) is 3.07. The van der Waals surface area contributed by atoms with Crippen molar-refractivity contribution in [2.45, 2.75) is 57.2 Å². The summed E-state index contributed by atoms with van der Waals surface area (Å²) in [7, 11) is 0. The zero-order valence-electron chi connectivity index (χ0n) is 11.6. The molecule has 0 aromatic heterocycles. The Morgan fingerprint density at radius 2 is 1.83 bits per heavy atom. The molecule has 1 aromatic carbocycles. The lowest BCUT2D eigenvalue weighted by Crippen LogP contribution is -2.45. The SMILES string of the molecule is CC(C)OC1(CN)CCC(c2ccccc2)CC1. The van der Waals surface area contributed by atoms with Crippen LogP contribution in [0.2, 0.25) is 0 Å².